The monoisotopic (exact) mass is 284 g/mol. The van der Waals surface area contributed by atoms with Gasteiger partial charge < -0.3 is 0 Å². The van der Waals surface area contributed by atoms with Crippen LogP contribution in [-0.4, -0.2) is 11.8 Å². The van der Waals surface area contributed by atoms with Gasteiger partial charge >= 0.3 is 0 Å². The van der Waals surface area contributed by atoms with Crippen molar-refractivity contribution in [2.24, 2.45) is 23.2 Å². The molecule has 0 aliphatic heterocycles. The fraction of sp³-hybridized carbons (Fsp3) is 1.00. The Morgan fingerprint density at radius 3 is 2.26 bits per heavy atom. The molecule has 0 aromatic rings. The molecule has 0 saturated heterocycles. The van der Waals surface area contributed by atoms with Gasteiger partial charge in [0.1, 0.15) is 0 Å². The van der Waals surface area contributed by atoms with Gasteiger partial charge in [0.25, 0.3) is 0 Å². The van der Waals surface area contributed by atoms with Crippen LogP contribution in [0.2, 0.25) is 0 Å². The maximum atomic E-state index is 2.60. The minimum absolute atomic E-state index is 0.666. The molecule has 0 nitrogen and oxygen atoms in total. The van der Waals surface area contributed by atoms with Crippen molar-refractivity contribution in [3.05, 3.63) is 0 Å². The molecule has 6 unspecified atom stereocenters. The SMILES string of the molecule is CCCC(C(CC)PCC(C)CC)C1(C)CCC1C. The van der Waals surface area contributed by atoms with Crippen LogP contribution in [0.15, 0.2) is 0 Å². The predicted octanol–water partition coefficient (Wildman–Crippen LogP) is 6.34. The van der Waals surface area contributed by atoms with Crippen molar-refractivity contribution < 1.29 is 0 Å². The van der Waals surface area contributed by atoms with Gasteiger partial charge in [0.2, 0.25) is 0 Å². The molecule has 1 aliphatic rings. The molecule has 114 valence electrons. The van der Waals surface area contributed by atoms with Crippen LogP contribution in [0.25, 0.3) is 0 Å². The Morgan fingerprint density at radius 1 is 1.21 bits per heavy atom. The molecular weight excluding hydrogens is 247 g/mol. The van der Waals surface area contributed by atoms with Crippen molar-refractivity contribution >= 4 is 8.58 Å². The zero-order valence-corrected chi connectivity index (χ0v) is 15.3. The number of rotatable bonds is 9. The Bertz CT molecular complexity index is 250. The van der Waals surface area contributed by atoms with E-state index < -0.39 is 0 Å². The molecule has 0 N–H and O–H groups in total. The van der Waals surface area contributed by atoms with Crippen molar-refractivity contribution in [2.45, 2.75) is 85.7 Å². The summed E-state index contributed by atoms with van der Waals surface area (Å²) in [6.07, 6.45) is 10.0. The normalized spacial score (nSPS) is 32.2. The van der Waals surface area contributed by atoms with Crippen LogP contribution in [0.3, 0.4) is 0 Å². The van der Waals surface area contributed by atoms with E-state index >= 15 is 0 Å². The molecule has 0 heterocycles. The molecule has 1 rings (SSSR count). The molecule has 1 saturated carbocycles. The number of hydrogen-bond acceptors (Lipinski definition) is 0. The molecule has 0 radical (unpaired) electrons. The average molecular weight is 284 g/mol. The molecular formula is C18H37P. The van der Waals surface area contributed by atoms with Gasteiger partial charge in [-0.2, -0.15) is 0 Å². The van der Waals surface area contributed by atoms with Crippen LogP contribution < -0.4 is 0 Å². The predicted molar refractivity (Wildman–Crippen MR) is 91.6 cm³/mol. The fourth-order valence-electron chi connectivity index (χ4n) is 3.81. The Kier molecular flexibility index (Phi) is 7.37. The molecule has 0 spiro atoms. The van der Waals surface area contributed by atoms with Gasteiger partial charge in [-0.15, -0.1) is 8.58 Å². The first-order valence-corrected chi connectivity index (χ1v) is 10.0. The quantitative estimate of drug-likeness (QED) is 0.433. The average Bonchev–Trinajstić information content (AvgIpc) is 2.43. The minimum Gasteiger partial charge on any atom is -0.118 e. The van der Waals surface area contributed by atoms with Crippen molar-refractivity contribution in [1.29, 1.82) is 0 Å². The molecule has 19 heavy (non-hydrogen) atoms. The summed E-state index contributed by atoms with van der Waals surface area (Å²) in [6.45, 7) is 14.7. The maximum Gasteiger partial charge on any atom is -0.0206 e. The largest absolute Gasteiger partial charge is 0.118 e. The number of hydrogen-bond donors (Lipinski definition) is 0. The molecule has 0 bridgehead atoms. The lowest BCUT2D eigenvalue weighted by Gasteiger charge is -2.53. The van der Waals surface area contributed by atoms with E-state index in [0.29, 0.717) is 5.41 Å². The van der Waals surface area contributed by atoms with Gasteiger partial charge in [0, 0.05) is 0 Å². The zero-order chi connectivity index (χ0) is 14.5. The summed E-state index contributed by atoms with van der Waals surface area (Å²) in [4.78, 5) is 0. The van der Waals surface area contributed by atoms with E-state index in [1.807, 2.05) is 0 Å². The summed E-state index contributed by atoms with van der Waals surface area (Å²) in [5.41, 5.74) is 1.67. The van der Waals surface area contributed by atoms with Crippen molar-refractivity contribution in [3.63, 3.8) is 0 Å². The van der Waals surface area contributed by atoms with E-state index in [9.17, 15) is 0 Å². The minimum atomic E-state index is 0.666. The first kappa shape index (κ1) is 17.5. The van der Waals surface area contributed by atoms with Crippen molar-refractivity contribution in [2.75, 3.05) is 6.16 Å². The summed E-state index contributed by atoms with van der Waals surface area (Å²) in [5, 5.41) is 0. The summed E-state index contributed by atoms with van der Waals surface area (Å²) < 4.78 is 0. The van der Waals surface area contributed by atoms with Gasteiger partial charge in [-0.3, -0.25) is 0 Å². The highest BCUT2D eigenvalue weighted by Gasteiger charge is 2.47. The maximum absolute atomic E-state index is 2.60. The third-order valence-corrected chi connectivity index (χ3v) is 8.31. The van der Waals surface area contributed by atoms with Gasteiger partial charge in [-0.25, -0.2) is 0 Å². The van der Waals surface area contributed by atoms with E-state index in [2.05, 4.69) is 41.5 Å². The smallest absolute Gasteiger partial charge is 0.0206 e. The molecule has 0 aromatic heterocycles. The van der Waals surface area contributed by atoms with E-state index in [1.54, 1.807) is 0 Å². The van der Waals surface area contributed by atoms with Crippen LogP contribution in [0.4, 0.5) is 0 Å². The first-order chi connectivity index (χ1) is 8.99. The fourth-order valence-corrected chi connectivity index (χ4v) is 5.92. The van der Waals surface area contributed by atoms with Gasteiger partial charge in [0.05, 0.1) is 0 Å². The molecule has 1 fully saturated rings. The summed E-state index contributed by atoms with van der Waals surface area (Å²) in [5.74, 6) is 2.89. The second-order valence-corrected chi connectivity index (χ2v) is 8.84. The van der Waals surface area contributed by atoms with E-state index in [-0.39, 0.29) is 0 Å². The second kappa shape index (κ2) is 8.02. The molecule has 6 atom stereocenters. The Morgan fingerprint density at radius 2 is 1.89 bits per heavy atom. The summed E-state index contributed by atoms with van der Waals surface area (Å²) in [6, 6.07) is 0. The third-order valence-electron chi connectivity index (χ3n) is 6.04. The highest BCUT2D eigenvalue weighted by molar-refractivity contribution is 7.38. The van der Waals surface area contributed by atoms with Gasteiger partial charge in [0.15, 0.2) is 0 Å². The van der Waals surface area contributed by atoms with Crippen LogP contribution >= 0.6 is 8.58 Å². The lowest BCUT2D eigenvalue weighted by molar-refractivity contribution is -0.00895. The Labute approximate surface area is 124 Å². The summed E-state index contributed by atoms with van der Waals surface area (Å²) >= 11 is 0. The van der Waals surface area contributed by atoms with E-state index in [4.69, 9.17) is 0 Å². The van der Waals surface area contributed by atoms with E-state index in [0.717, 1.165) is 23.4 Å². The Hall–Kier alpha value is 0.430. The molecule has 1 heteroatoms. The lowest BCUT2D eigenvalue weighted by atomic mass is 9.54. The highest BCUT2D eigenvalue weighted by atomic mass is 31.1. The lowest BCUT2D eigenvalue weighted by Crippen LogP contribution is -2.46. The van der Waals surface area contributed by atoms with Crippen molar-refractivity contribution in [1.82, 2.24) is 0 Å². The zero-order valence-electron chi connectivity index (χ0n) is 14.3. The third kappa shape index (κ3) is 4.20. The van der Waals surface area contributed by atoms with Crippen LogP contribution in [-0.2, 0) is 0 Å². The van der Waals surface area contributed by atoms with Gasteiger partial charge in [-0.1, -0.05) is 54.4 Å². The van der Waals surface area contributed by atoms with E-state index in [1.165, 1.54) is 53.3 Å². The molecule has 0 aromatic carbocycles. The summed E-state index contributed by atoms with van der Waals surface area (Å²) in [7, 11) is 1.20. The molecule has 0 amide bonds. The van der Waals surface area contributed by atoms with Crippen LogP contribution in [0.1, 0.15) is 80.1 Å². The Balaban J connectivity index is 2.66. The van der Waals surface area contributed by atoms with Crippen LogP contribution in [0, 0.1) is 23.2 Å². The van der Waals surface area contributed by atoms with Gasteiger partial charge in [-0.05, 0) is 60.7 Å². The topological polar surface area (TPSA) is 0 Å². The standard InChI is InChI=1S/C18H37P/c1-7-10-16(18(6)12-11-15(18)5)17(9-3)19-13-14(4)8-2/h14-17,19H,7-13H2,1-6H3. The van der Waals surface area contributed by atoms with Crippen LogP contribution in [0.5, 0.6) is 0 Å². The first-order valence-electron chi connectivity index (χ1n) is 8.72. The second-order valence-electron chi connectivity index (χ2n) is 7.28. The van der Waals surface area contributed by atoms with Crippen molar-refractivity contribution in [3.8, 4) is 0 Å². The molecule has 1 aliphatic carbocycles. The highest BCUT2D eigenvalue weighted by Crippen LogP contribution is 2.56.